The van der Waals surface area contributed by atoms with E-state index in [1.54, 1.807) is 0 Å². The molecule has 1 heterocycles. The van der Waals surface area contributed by atoms with Crippen molar-refractivity contribution < 1.29 is 14.3 Å². The fraction of sp³-hybridized carbons (Fsp3) is 0.294. The Hall–Kier alpha value is -0.890. The number of aryl methyl sites for hydroxylation is 1. The number of primary amides is 1. The molecule has 0 bridgehead atoms. The summed E-state index contributed by atoms with van der Waals surface area (Å²) in [7, 11) is 0. The molecule has 11 heteroatoms. The van der Waals surface area contributed by atoms with E-state index in [0.29, 0.717) is 10.6 Å². The van der Waals surface area contributed by atoms with Crippen LogP contribution in [-0.2, 0) is 17.6 Å². The van der Waals surface area contributed by atoms with Crippen LogP contribution in [0, 0.1) is 0 Å². The molecule has 0 radical (unpaired) electrons. The van der Waals surface area contributed by atoms with Gasteiger partial charge in [-0.25, -0.2) is 0 Å². The van der Waals surface area contributed by atoms with Crippen molar-refractivity contribution in [3.05, 3.63) is 41.1 Å². The fourth-order valence-electron chi connectivity index (χ4n) is 2.93. The minimum atomic E-state index is -0.571. The number of benzene rings is 1. The van der Waals surface area contributed by atoms with Gasteiger partial charge in [0.1, 0.15) is 15.0 Å². The van der Waals surface area contributed by atoms with Gasteiger partial charge in [-0.2, -0.15) is 0 Å². The number of halogens is 5. The minimum Gasteiger partial charge on any atom is -0.481 e. The molecule has 0 aliphatic heterocycles. The van der Waals surface area contributed by atoms with E-state index in [0.717, 1.165) is 36.1 Å². The normalized spacial score (nSPS) is 13.2. The van der Waals surface area contributed by atoms with Crippen LogP contribution in [0.4, 0.5) is 5.00 Å². The molecule has 3 rings (SSSR count). The molecule has 0 unspecified atom stereocenters. The van der Waals surface area contributed by atoms with Crippen molar-refractivity contribution in [3.8, 4) is 5.75 Å². The number of nitrogens with two attached hydrogens (primary N) is 1. The molecular formula is C17H13Cl5N2O3S. The van der Waals surface area contributed by atoms with E-state index in [2.05, 4.69) is 5.32 Å². The molecule has 150 valence electrons. The average Bonchev–Trinajstić information content (AvgIpc) is 3.02. The zero-order chi connectivity index (χ0) is 20.6. The Morgan fingerprint density at radius 2 is 1.54 bits per heavy atom. The molecule has 2 amide bonds. The van der Waals surface area contributed by atoms with E-state index in [1.165, 1.54) is 11.3 Å². The molecule has 5 nitrogen and oxygen atoms in total. The SMILES string of the molecule is NC(=O)c1c(NC(=O)COc2c(Cl)c(Cl)c(Cl)c(Cl)c2Cl)sc2c1CCCC2. The molecular weight excluding hydrogens is 490 g/mol. The average molecular weight is 503 g/mol. The van der Waals surface area contributed by atoms with Crippen LogP contribution in [0.2, 0.25) is 25.1 Å². The van der Waals surface area contributed by atoms with Crippen LogP contribution in [0.5, 0.6) is 5.75 Å². The number of nitrogens with one attached hydrogen (secondary N) is 1. The molecule has 1 aliphatic carbocycles. The van der Waals surface area contributed by atoms with Gasteiger partial charge in [0.2, 0.25) is 0 Å². The van der Waals surface area contributed by atoms with E-state index < -0.39 is 18.4 Å². The lowest BCUT2D eigenvalue weighted by Gasteiger charge is -2.13. The lowest BCUT2D eigenvalue weighted by Crippen LogP contribution is -2.22. The van der Waals surface area contributed by atoms with Gasteiger partial charge in [0, 0.05) is 4.88 Å². The summed E-state index contributed by atoms with van der Waals surface area (Å²) in [4.78, 5) is 25.3. The van der Waals surface area contributed by atoms with Gasteiger partial charge < -0.3 is 15.8 Å². The second-order valence-corrected chi connectivity index (χ2v) is 9.01. The van der Waals surface area contributed by atoms with Gasteiger partial charge in [-0.1, -0.05) is 58.0 Å². The molecule has 0 fully saturated rings. The predicted octanol–water partition coefficient (Wildman–Crippen LogP) is 6.01. The molecule has 28 heavy (non-hydrogen) atoms. The van der Waals surface area contributed by atoms with E-state index in [1.807, 2.05) is 0 Å². The Balaban J connectivity index is 1.78. The smallest absolute Gasteiger partial charge is 0.262 e. The van der Waals surface area contributed by atoms with Crippen LogP contribution < -0.4 is 15.8 Å². The number of carbonyl (C=O) groups is 2. The number of amides is 2. The number of thiophene rings is 1. The molecule has 0 spiro atoms. The summed E-state index contributed by atoms with van der Waals surface area (Å²) in [5.41, 5.74) is 6.80. The second-order valence-electron chi connectivity index (χ2n) is 6.02. The molecule has 1 aromatic heterocycles. The predicted molar refractivity (Wildman–Crippen MR) is 115 cm³/mol. The van der Waals surface area contributed by atoms with E-state index in [9.17, 15) is 9.59 Å². The van der Waals surface area contributed by atoms with Crippen molar-refractivity contribution in [1.82, 2.24) is 0 Å². The largest absolute Gasteiger partial charge is 0.481 e. The highest BCUT2D eigenvalue weighted by Gasteiger charge is 2.26. The number of ether oxygens (including phenoxy) is 1. The molecule has 1 aliphatic rings. The summed E-state index contributed by atoms with van der Waals surface area (Å²) in [6.07, 6.45) is 3.65. The van der Waals surface area contributed by atoms with Crippen LogP contribution in [0.3, 0.4) is 0 Å². The van der Waals surface area contributed by atoms with Crippen molar-refractivity contribution in [2.75, 3.05) is 11.9 Å². The number of rotatable bonds is 5. The summed E-state index contributed by atoms with van der Waals surface area (Å²) in [5.74, 6) is -1.15. The van der Waals surface area contributed by atoms with Crippen molar-refractivity contribution in [2.24, 2.45) is 5.73 Å². The van der Waals surface area contributed by atoms with Crippen molar-refractivity contribution in [3.63, 3.8) is 0 Å². The van der Waals surface area contributed by atoms with E-state index in [-0.39, 0.29) is 30.9 Å². The molecule has 3 N–H and O–H groups in total. The summed E-state index contributed by atoms with van der Waals surface area (Å²) in [5, 5.41) is 2.90. The van der Waals surface area contributed by atoms with Gasteiger partial charge in [-0.3, -0.25) is 9.59 Å². The van der Waals surface area contributed by atoms with Crippen LogP contribution in [0.15, 0.2) is 0 Å². The van der Waals surface area contributed by atoms with E-state index in [4.69, 9.17) is 68.5 Å². The summed E-state index contributed by atoms with van der Waals surface area (Å²) in [6.45, 7) is -0.436. The third kappa shape index (κ3) is 4.18. The number of carbonyl (C=O) groups excluding carboxylic acids is 2. The minimum absolute atomic E-state index is 0.00889. The highest BCUT2D eigenvalue weighted by atomic mass is 35.5. The molecule has 0 atom stereocenters. The summed E-state index contributed by atoms with van der Waals surface area (Å²) in [6, 6.07) is 0. The van der Waals surface area contributed by atoms with Crippen LogP contribution in [-0.4, -0.2) is 18.4 Å². The molecule has 0 saturated carbocycles. The molecule has 2 aromatic rings. The third-order valence-electron chi connectivity index (χ3n) is 4.19. The van der Waals surface area contributed by atoms with E-state index >= 15 is 0 Å². The molecule has 1 aromatic carbocycles. The van der Waals surface area contributed by atoms with Crippen molar-refractivity contribution in [2.45, 2.75) is 25.7 Å². The van der Waals surface area contributed by atoms with Gasteiger partial charge >= 0.3 is 0 Å². The lowest BCUT2D eigenvalue weighted by molar-refractivity contribution is -0.118. The third-order valence-corrected chi connectivity index (χ3v) is 7.64. The first-order valence-electron chi connectivity index (χ1n) is 8.10. The Labute approximate surface area is 190 Å². The Morgan fingerprint density at radius 3 is 2.14 bits per heavy atom. The maximum absolute atomic E-state index is 12.4. The van der Waals surface area contributed by atoms with Crippen LogP contribution in [0.1, 0.15) is 33.6 Å². The quantitative estimate of drug-likeness (QED) is 0.388. The van der Waals surface area contributed by atoms with Crippen LogP contribution in [0.25, 0.3) is 0 Å². The van der Waals surface area contributed by atoms with Gasteiger partial charge in [0.25, 0.3) is 11.8 Å². The zero-order valence-corrected chi connectivity index (χ0v) is 18.7. The number of hydrogen-bond acceptors (Lipinski definition) is 4. The topological polar surface area (TPSA) is 81.4 Å². The summed E-state index contributed by atoms with van der Waals surface area (Å²) < 4.78 is 5.41. The Bertz CT molecular complexity index is 947. The first-order chi connectivity index (χ1) is 13.2. The van der Waals surface area contributed by atoms with Gasteiger partial charge in [-0.15, -0.1) is 11.3 Å². The summed E-state index contributed by atoms with van der Waals surface area (Å²) >= 11 is 31.4. The number of anilines is 1. The van der Waals surface area contributed by atoms with Gasteiger partial charge in [0.15, 0.2) is 12.4 Å². The van der Waals surface area contributed by atoms with Gasteiger partial charge in [0.05, 0.1) is 20.6 Å². The van der Waals surface area contributed by atoms with Crippen molar-refractivity contribution >= 4 is 86.2 Å². The Kier molecular flexibility index (Phi) is 6.90. The maximum atomic E-state index is 12.4. The fourth-order valence-corrected chi connectivity index (χ4v) is 5.47. The monoisotopic (exact) mass is 500 g/mol. The first-order valence-corrected chi connectivity index (χ1v) is 10.8. The zero-order valence-electron chi connectivity index (χ0n) is 14.1. The van der Waals surface area contributed by atoms with Gasteiger partial charge in [-0.05, 0) is 31.2 Å². The molecule has 0 saturated heterocycles. The maximum Gasteiger partial charge on any atom is 0.262 e. The lowest BCUT2D eigenvalue weighted by atomic mass is 9.95. The highest BCUT2D eigenvalue weighted by Crippen LogP contribution is 2.48. The second kappa shape index (κ2) is 8.86. The van der Waals surface area contributed by atoms with Crippen LogP contribution >= 0.6 is 69.3 Å². The standard InChI is InChI=1S/C17H13Cl5N2O3S/c18-10-11(19)13(21)15(14(22)12(10)20)27-5-8(25)24-17-9(16(23)26)6-3-1-2-4-7(6)28-17/h1-5H2,(H2,23,26)(H,24,25). The number of hydrogen-bond donors (Lipinski definition) is 2. The Morgan fingerprint density at radius 1 is 0.964 bits per heavy atom. The highest BCUT2D eigenvalue weighted by molar-refractivity contribution is 7.17. The van der Waals surface area contributed by atoms with Crippen molar-refractivity contribution in [1.29, 1.82) is 0 Å². The number of fused-ring (bicyclic) bond motifs is 1. The first kappa shape index (κ1) is 21.8.